The van der Waals surface area contributed by atoms with Crippen LogP contribution in [0.3, 0.4) is 0 Å². The zero-order chi connectivity index (χ0) is 12.5. The average Bonchev–Trinajstić information content (AvgIpc) is 2.62. The van der Waals surface area contributed by atoms with E-state index in [0.717, 1.165) is 18.4 Å². The summed E-state index contributed by atoms with van der Waals surface area (Å²) in [6.45, 7) is 1.96. The minimum Gasteiger partial charge on any atom is -0.462 e. The molecule has 0 amide bonds. The van der Waals surface area contributed by atoms with Crippen LogP contribution in [0.1, 0.15) is 39.0 Å². The molecule has 2 aliphatic rings. The molecular formula is C13H15NO3. The Labute approximate surface area is 100 Å². The van der Waals surface area contributed by atoms with Crippen LogP contribution in [-0.2, 0) is 14.3 Å². The van der Waals surface area contributed by atoms with Crippen LogP contribution < -0.4 is 0 Å². The van der Waals surface area contributed by atoms with Gasteiger partial charge in [-0.3, -0.25) is 4.79 Å². The molecule has 2 rings (SSSR count). The number of carbonyl (C=O) groups excluding carboxylic acids is 2. The lowest BCUT2D eigenvalue weighted by Crippen LogP contribution is -2.22. The van der Waals surface area contributed by atoms with Gasteiger partial charge in [-0.15, -0.1) is 0 Å². The topological polar surface area (TPSA) is 67.2 Å². The van der Waals surface area contributed by atoms with Gasteiger partial charge in [0.25, 0.3) is 0 Å². The highest BCUT2D eigenvalue weighted by molar-refractivity contribution is 6.20. The molecule has 4 nitrogen and oxygen atoms in total. The minimum absolute atomic E-state index is 0.160. The van der Waals surface area contributed by atoms with Gasteiger partial charge in [-0.05, 0) is 31.8 Å². The first kappa shape index (κ1) is 11.8. The first-order valence-corrected chi connectivity index (χ1v) is 6.00. The molecule has 1 fully saturated rings. The monoisotopic (exact) mass is 233 g/mol. The molecule has 0 heterocycles. The summed E-state index contributed by atoms with van der Waals surface area (Å²) in [7, 11) is 0. The van der Waals surface area contributed by atoms with Crippen molar-refractivity contribution in [2.24, 2.45) is 5.41 Å². The van der Waals surface area contributed by atoms with Gasteiger partial charge in [-0.25, -0.2) is 4.79 Å². The van der Waals surface area contributed by atoms with Crippen molar-refractivity contribution in [3.05, 3.63) is 11.1 Å². The second-order valence-electron chi connectivity index (χ2n) is 4.57. The average molecular weight is 233 g/mol. The Balaban J connectivity index is 2.43. The van der Waals surface area contributed by atoms with E-state index in [-0.39, 0.29) is 24.4 Å². The fourth-order valence-corrected chi connectivity index (χ4v) is 2.81. The fraction of sp³-hybridized carbons (Fsp3) is 0.615. The van der Waals surface area contributed by atoms with Crippen molar-refractivity contribution in [3.63, 3.8) is 0 Å². The Hall–Kier alpha value is -1.63. The van der Waals surface area contributed by atoms with Crippen molar-refractivity contribution in [1.82, 2.24) is 0 Å². The predicted molar refractivity (Wildman–Crippen MR) is 59.8 cm³/mol. The van der Waals surface area contributed by atoms with E-state index in [1.165, 1.54) is 0 Å². The SMILES string of the molecule is CCOC(=O)C1=C2CCCCC2(C#N)CC1=O. The van der Waals surface area contributed by atoms with Crippen LogP contribution in [0.15, 0.2) is 11.1 Å². The number of nitriles is 1. The molecule has 0 aromatic carbocycles. The number of hydrogen-bond donors (Lipinski definition) is 0. The molecule has 0 aromatic heterocycles. The Morgan fingerprint density at radius 1 is 1.53 bits per heavy atom. The number of hydrogen-bond acceptors (Lipinski definition) is 4. The molecule has 0 spiro atoms. The molecular weight excluding hydrogens is 218 g/mol. The van der Waals surface area contributed by atoms with Crippen molar-refractivity contribution >= 4 is 11.8 Å². The summed E-state index contributed by atoms with van der Waals surface area (Å²) in [5, 5.41) is 9.31. The Kier molecular flexibility index (Phi) is 3.01. The lowest BCUT2D eigenvalue weighted by Gasteiger charge is -2.28. The van der Waals surface area contributed by atoms with E-state index in [1.807, 2.05) is 0 Å². The molecule has 0 saturated heterocycles. The van der Waals surface area contributed by atoms with Gasteiger partial charge in [0.1, 0.15) is 5.57 Å². The smallest absolute Gasteiger partial charge is 0.341 e. The standard InChI is InChI=1S/C13H15NO3/c1-2-17-12(16)11-9-5-3-4-6-13(9,8-14)7-10(11)15/h2-7H2,1H3. The summed E-state index contributed by atoms with van der Waals surface area (Å²) in [4.78, 5) is 23.7. The molecule has 0 aromatic rings. The lowest BCUT2D eigenvalue weighted by molar-refractivity contribution is -0.139. The van der Waals surface area contributed by atoms with E-state index in [2.05, 4.69) is 6.07 Å². The van der Waals surface area contributed by atoms with Gasteiger partial charge in [0.2, 0.25) is 0 Å². The van der Waals surface area contributed by atoms with E-state index in [1.54, 1.807) is 6.92 Å². The van der Waals surface area contributed by atoms with Gasteiger partial charge in [0, 0.05) is 6.42 Å². The number of Topliss-reactive ketones (excluding diaryl/α,β-unsaturated/α-hetero) is 1. The van der Waals surface area contributed by atoms with E-state index in [9.17, 15) is 14.9 Å². The second-order valence-corrected chi connectivity index (χ2v) is 4.57. The maximum atomic E-state index is 11.9. The largest absolute Gasteiger partial charge is 0.462 e. The van der Waals surface area contributed by atoms with Gasteiger partial charge < -0.3 is 4.74 Å². The lowest BCUT2D eigenvalue weighted by atomic mass is 9.72. The first-order valence-electron chi connectivity index (χ1n) is 6.00. The molecule has 4 heteroatoms. The highest BCUT2D eigenvalue weighted by atomic mass is 16.5. The molecule has 1 unspecified atom stereocenters. The van der Waals surface area contributed by atoms with Gasteiger partial charge in [-0.2, -0.15) is 5.26 Å². The zero-order valence-electron chi connectivity index (χ0n) is 9.91. The Bertz CT molecular complexity index is 444. The molecule has 0 N–H and O–H groups in total. The van der Waals surface area contributed by atoms with Gasteiger partial charge in [-0.1, -0.05) is 6.42 Å². The van der Waals surface area contributed by atoms with Crippen molar-refractivity contribution in [1.29, 1.82) is 5.26 Å². The number of fused-ring (bicyclic) bond motifs is 1. The number of rotatable bonds is 2. The van der Waals surface area contributed by atoms with Crippen molar-refractivity contribution in [2.45, 2.75) is 39.0 Å². The van der Waals surface area contributed by atoms with Crippen LogP contribution in [0.4, 0.5) is 0 Å². The summed E-state index contributed by atoms with van der Waals surface area (Å²) in [5.41, 5.74) is 0.181. The van der Waals surface area contributed by atoms with Crippen LogP contribution in [0.2, 0.25) is 0 Å². The number of ketones is 1. The molecule has 0 bridgehead atoms. The van der Waals surface area contributed by atoms with Crippen LogP contribution in [0.25, 0.3) is 0 Å². The molecule has 0 aliphatic heterocycles. The minimum atomic E-state index is -0.711. The Morgan fingerprint density at radius 3 is 2.94 bits per heavy atom. The highest BCUT2D eigenvalue weighted by Crippen LogP contribution is 2.50. The van der Waals surface area contributed by atoms with E-state index in [4.69, 9.17) is 4.74 Å². The summed E-state index contributed by atoms with van der Waals surface area (Å²) >= 11 is 0. The first-order chi connectivity index (χ1) is 8.14. The third kappa shape index (κ3) is 1.76. The number of ether oxygens (including phenoxy) is 1. The van der Waals surface area contributed by atoms with Gasteiger partial charge in [0.05, 0.1) is 18.1 Å². The van der Waals surface area contributed by atoms with Crippen LogP contribution in [0.5, 0.6) is 0 Å². The number of nitrogens with zero attached hydrogens (tertiary/aromatic N) is 1. The maximum Gasteiger partial charge on any atom is 0.341 e. The number of esters is 1. The predicted octanol–water partition coefficient (Wildman–Crippen LogP) is 1.90. The highest BCUT2D eigenvalue weighted by Gasteiger charge is 2.49. The van der Waals surface area contributed by atoms with E-state index >= 15 is 0 Å². The van der Waals surface area contributed by atoms with Crippen molar-refractivity contribution in [2.75, 3.05) is 6.61 Å². The third-order valence-electron chi connectivity index (χ3n) is 3.59. The normalized spacial score (nSPS) is 27.6. The van der Waals surface area contributed by atoms with Crippen molar-refractivity contribution < 1.29 is 14.3 Å². The molecule has 90 valence electrons. The summed E-state index contributed by atoms with van der Waals surface area (Å²) in [5.74, 6) is -0.770. The summed E-state index contributed by atoms with van der Waals surface area (Å²) in [6.07, 6.45) is 3.41. The zero-order valence-corrected chi connectivity index (χ0v) is 9.91. The molecule has 17 heavy (non-hydrogen) atoms. The quantitative estimate of drug-likeness (QED) is 0.539. The Morgan fingerprint density at radius 2 is 2.29 bits per heavy atom. The van der Waals surface area contributed by atoms with Crippen molar-refractivity contribution in [3.8, 4) is 6.07 Å². The van der Waals surface area contributed by atoms with Gasteiger partial charge >= 0.3 is 5.97 Å². The van der Waals surface area contributed by atoms with Crippen LogP contribution in [-0.4, -0.2) is 18.4 Å². The van der Waals surface area contributed by atoms with E-state index < -0.39 is 11.4 Å². The molecule has 0 radical (unpaired) electrons. The molecule has 1 saturated carbocycles. The molecule has 2 aliphatic carbocycles. The van der Waals surface area contributed by atoms with Crippen LogP contribution in [0, 0.1) is 16.7 Å². The second kappa shape index (κ2) is 4.33. The number of carbonyl (C=O) groups is 2. The van der Waals surface area contributed by atoms with Gasteiger partial charge in [0.15, 0.2) is 5.78 Å². The van der Waals surface area contributed by atoms with E-state index in [0.29, 0.717) is 12.8 Å². The summed E-state index contributed by atoms with van der Waals surface area (Å²) in [6, 6.07) is 2.25. The molecule has 1 atom stereocenters. The summed E-state index contributed by atoms with van der Waals surface area (Å²) < 4.78 is 4.91. The third-order valence-corrected chi connectivity index (χ3v) is 3.59. The number of allylic oxidation sites excluding steroid dienone is 1. The fourth-order valence-electron chi connectivity index (χ4n) is 2.81. The van der Waals surface area contributed by atoms with Crippen LogP contribution >= 0.6 is 0 Å². The maximum absolute atomic E-state index is 11.9.